The molecule has 0 N–H and O–H groups in total. The Balaban J connectivity index is 2.91. The molecule has 2 rings (SSSR count). The SMILES string of the molecule is Clc1cc(Cl)n2nccc2n1. The molecule has 56 valence electrons. The monoisotopic (exact) mass is 187 g/mol. The van der Waals surface area contributed by atoms with Crippen LogP contribution in [0.2, 0.25) is 10.3 Å². The lowest BCUT2D eigenvalue weighted by Gasteiger charge is -1.95. The molecule has 0 aliphatic heterocycles. The minimum absolute atomic E-state index is 0.378. The van der Waals surface area contributed by atoms with Crippen LogP contribution < -0.4 is 0 Å². The third-order valence-electron chi connectivity index (χ3n) is 1.28. The van der Waals surface area contributed by atoms with Gasteiger partial charge in [-0.25, -0.2) is 9.50 Å². The Bertz CT molecular complexity index is 396. The maximum atomic E-state index is 5.78. The first-order chi connectivity index (χ1) is 5.27. The van der Waals surface area contributed by atoms with E-state index < -0.39 is 0 Å². The first kappa shape index (κ1) is 6.88. The third kappa shape index (κ3) is 1.06. The number of halogens is 2. The Labute approximate surface area is 72.6 Å². The molecule has 11 heavy (non-hydrogen) atoms. The Kier molecular flexibility index (Phi) is 1.47. The van der Waals surface area contributed by atoms with Crippen LogP contribution >= 0.6 is 23.2 Å². The molecule has 0 spiro atoms. The summed E-state index contributed by atoms with van der Waals surface area (Å²) in [6.45, 7) is 0. The Morgan fingerprint density at radius 2 is 2.18 bits per heavy atom. The zero-order chi connectivity index (χ0) is 7.84. The van der Waals surface area contributed by atoms with Crippen molar-refractivity contribution in [3.05, 3.63) is 28.6 Å². The maximum Gasteiger partial charge on any atom is 0.158 e. The molecular weight excluding hydrogens is 185 g/mol. The predicted octanol–water partition coefficient (Wildman–Crippen LogP) is 2.04. The second kappa shape index (κ2) is 2.36. The lowest BCUT2D eigenvalue weighted by molar-refractivity contribution is 0.940. The van der Waals surface area contributed by atoms with Crippen molar-refractivity contribution in [1.29, 1.82) is 0 Å². The summed E-state index contributed by atoms with van der Waals surface area (Å²) in [7, 11) is 0. The average Bonchev–Trinajstić information content (AvgIpc) is 2.34. The summed E-state index contributed by atoms with van der Waals surface area (Å²) in [5.41, 5.74) is 0.655. The molecule has 0 atom stereocenters. The van der Waals surface area contributed by atoms with E-state index >= 15 is 0 Å². The molecule has 0 amide bonds. The van der Waals surface area contributed by atoms with Crippen molar-refractivity contribution in [3.8, 4) is 0 Å². The number of hydrogen-bond acceptors (Lipinski definition) is 2. The molecule has 0 aromatic carbocycles. The number of hydrogen-bond donors (Lipinski definition) is 0. The summed E-state index contributed by atoms with van der Waals surface area (Å²) in [4.78, 5) is 3.98. The fraction of sp³-hybridized carbons (Fsp3) is 0. The molecule has 0 radical (unpaired) electrons. The smallest absolute Gasteiger partial charge is 0.158 e. The highest BCUT2D eigenvalue weighted by Crippen LogP contribution is 2.14. The van der Waals surface area contributed by atoms with Crippen LogP contribution in [0, 0.1) is 0 Å². The fourth-order valence-corrected chi connectivity index (χ4v) is 1.33. The first-order valence-corrected chi connectivity index (χ1v) is 3.69. The zero-order valence-corrected chi connectivity index (χ0v) is 6.84. The maximum absolute atomic E-state index is 5.78. The molecule has 0 fully saturated rings. The van der Waals surface area contributed by atoms with Gasteiger partial charge in [0, 0.05) is 12.1 Å². The van der Waals surface area contributed by atoms with E-state index in [0.717, 1.165) is 0 Å². The van der Waals surface area contributed by atoms with E-state index in [1.165, 1.54) is 4.52 Å². The highest BCUT2D eigenvalue weighted by molar-refractivity contribution is 6.33. The van der Waals surface area contributed by atoms with Gasteiger partial charge in [0.2, 0.25) is 0 Å². The van der Waals surface area contributed by atoms with Gasteiger partial charge in [-0.05, 0) is 0 Å². The van der Waals surface area contributed by atoms with Crippen LogP contribution in [-0.4, -0.2) is 14.6 Å². The summed E-state index contributed by atoms with van der Waals surface area (Å²) in [6, 6.07) is 3.28. The van der Waals surface area contributed by atoms with Gasteiger partial charge in [0.05, 0.1) is 6.20 Å². The van der Waals surface area contributed by atoms with Crippen LogP contribution in [-0.2, 0) is 0 Å². The molecular formula is C6H3Cl2N3. The molecule has 0 aliphatic rings. The molecule has 3 nitrogen and oxygen atoms in total. The third-order valence-corrected chi connectivity index (χ3v) is 1.75. The lowest BCUT2D eigenvalue weighted by Crippen LogP contribution is -1.91. The van der Waals surface area contributed by atoms with Crippen molar-refractivity contribution < 1.29 is 0 Å². The van der Waals surface area contributed by atoms with Crippen LogP contribution in [0.3, 0.4) is 0 Å². The topological polar surface area (TPSA) is 30.2 Å². The van der Waals surface area contributed by atoms with E-state index in [-0.39, 0.29) is 0 Å². The van der Waals surface area contributed by atoms with Gasteiger partial charge in [0.1, 0.15) is 10.3 Å². The van der Waals surface area contributed by atoms with Gasteiger partial charge in [-0.3, -0.25) is 0 Å². The van der Waals surface area contributed by atoms with Gasteiger partial charge in [-0.2, -0.15) is 5.10 Å². The minimum atomic E-state index is 0.378. The molecule has 0 saturated carbocycles. The summed E-state index contributed by atoms with van der Waals surface area (Å²) in [5, 5.41) is 4.76. The van der Waals surface area contributed by atoms with Crippen molar-refractivity contribution in [3.63, 3.8) is 0 Å². The minimum Gasteiger partial charge on any atom is -0.217 e. The normalized spacial score (nSPS) is 10.7. The highest BCUT2D eigenvalue weighted by Gasteiger charge is 2.00. The Morgan fingerprint density at radius 3 is 3.00 bits per heavy atom. The van der Waals surface area contributed by atoms with E-state index in [4.69, 9.17) is 23.2 Å². The second-order valence-corrected chi connectivity index (χ2v) is 2.78. The number of rotatable bonds is 0. The first-order valence-electron chi connectivity index (χ1n) is 2.93. The van der Waals surface area contributed by atoms with Gasteiger partial charge >= 0.3 is 0 Å². The fourth-order valence-electron chi connectivity index (χ4n) is 0.847. The molecule has 0 bridgehead atoms. The van der Waals surface area contributed by atoms with E-state index in [1.54, 1.807) is 18.3 Å². The summed E-state index contributed by atoms with van der Waals surface area (Å²) < 4.78 is 1.51. The lowest BCUT2D eigenvalue weighted by atomic mass is 10.6. The van der Waals surface area contributed by atoms with Crippen LogP contribution in [0.4, 0.5) is 0 Å². The standard InChI is InChI=1S/C6H3Cl2N3/c7-4-3-5(8)11-6(10-4)1-2-9-11/h1-3H. The highest BCUT2D eigenvalue weighted by atomic mass is 35.5. The Morgan fingerprint density at radius 1 is 1.36 bits per heavy atom. The van der Waals surface area contributed by atoms with Crippen molar-refractivity contribution >= 4 is 28.8 Å². The van der Waals surface area contributed by atoms with Gasteiger partial charge in [0.25, 0.3) is 0 Å². The van der Waals surface area contributed by atoms with Crippen molar-refractivity contribution in [1.82, 2.24) is 14.6 Å². The molecule has 0 saturated heterocycles. The van der Waals surface area contributed by atoms with E-state index in [2.05, 4.69) is 10.1 Å². The predicted molar refractivity (Wildman–Crippen MR) is 43.0 cm³/mol. The largest absolute Gasteiger partial charge is 0.217 e. The van der Waals surface area contributed by atoms with Gasteiger partial charge < -0.3 is 0 Å². The van der Waals surface area contributed by atoms with Crippen LogP contribution in [0.1, 0.15) is 0 Å². The number of nitrogens with zero attached hydrogens (tertiary/aromatic N) is 3. The molecule has 5 heteroatoms. The average molecular weight is 188 g/mol. The van der Waals surface area contributed by atoms with E-state index in [1.807, 2.05) is 0 Å². The van der Waals surface area contributed by atoms with Crippen molar-refractivity contribution in [2.45, 2.75) is 0 Å². The molecule has 2 aromatic rings. The molecule has 2 aromatic heterocycles. The van der Waals surface area contributed by atoms with E-state index in [0.29, 0.717) is 16.0 Å². The summed E-state index contributed by atoms with van der Waals surface area (Å²) >= 11 is 11.4. The van der Waals surface area contributed by atoms with Crippen LogP contribution in [0.15, 0.2) is 18.3 Å². The second-order valence-electron chi connectivity index (χ2n) is 2.00. The zero-order valence-electron chi connectivity index (χ0n) is 5.33. The number of fused-ring (bicyclic) bond motifs is 1. The van der Waals surface area contributed by atoms with Crippen molar-refractivity contribution in [2.24, 2.45) is 0 Å². The molecule has 0 unspecified atom stereocenters. The van der Waals surface area contributed by atoms with Gasteiger partial charge in [-0.1, -0.05) is 23.2 Å². The molecule has 2 heterocycles. The van der Waals surface area contributed by atoms with Crippen LogP contribution in [0.5, 0.6) is 0 Å². The van der Waals surface area contributed by atoms with Crippen molar-refractivity contribution in [2.75, 3.05) is 0 Å². The van der Waals surface area contributed by atoms with Gasteiger partial charge in [0.15, 0.2) is 5.65 Å². The molecule has 0 aliphatic carbocycles. The summed E-state index contributed by atoms with van der Waals surface area (Å²) in [6.07, 6.45) is 1.62. The quantitative estimate of drug-likeness (QED) is 0.592. The van der Waals surface area contributed by atoms with Gasteiger partial charge in [-0.15, -0.1) is 0 Å². The number of aromatic nitrogens is 3. The van der Waals surface area contributed by atoms with Crippen LogP contribution in [0.25, 0.3) is 5.65 Å². The summed E-state index contributed by atoms with van der Waals surface area (Å²) in [5.74, 6) is 0. The van der Waals surface area contributed by atoms with E-state index in [9.17, 15) is 0 Å². The Hall–Kier alpha value is -0.800.